The maximum atomic E-state index is 12.6. The average Bonchev–Trinajstić information content (AvgIpc) is 3.23. The van der Waals surface area contributed by atoms with Crippen LogP contribution >= 0.6 is 11.3 Å². The molecule has 0 saturated carbocycles. The fourth-order valence-electron chi connectivity index (χ4n) is 3.22. The van der Waals surface area contributed by atoms with Crippen LogP contribution in [-0.2, 0) is 7.05 Å². The van der Waals surface area contributed by atoms with Crippen molar-refractivity contribution < 1.29 is 4.79 Å². The molecule has 0 unspecified atom stereocenters. The number of aryl methyl sites for hydroxylation is 1. The van der Waals surface area contributed by atoms with E-state index < -0.39 is 0 Å². The van der Waals surface area contributed by atoms with Gasteiger partial charge in [0.1, 0.15) is 5.52 Å². The molecule has 0 aromatic carbocycles. The van der Waals surface area contributed by atoms with Crippen LogP contribution < -0.4 is 0 Å². The molecule has 4 rings (SSSR count). The number of carbonyl (C=O) groups excluding carboxylic acids is 1. The van der Waals surface area contributed by atoms with E-state index in [2.05, 4.69) is 15.1 Å². The molecule has 3 aromatic heterocycles. The van der Waals surface area contributed by atoms with E-state index in [1.54, 1.807) is 17.1 Å². The van der Waals surface area contributed by atoms with E-state index >= 15 is 0 Å². The molecule has 1 atom stereocenters. The number of amides is 1. The van der Waals surface area contributed by atoms with E-state index in [4.69, 9.17) is 0 Å². The van der Waals surface area contributed by atoms with E-state index in [9.17, 15) is 4.79 Å². The first-order valence-corrected chi connectivity index (χ1v) is 8.58. The van der Waals surface area contributed by atoms with Gasteiger partial charge < -0.3 is 4.90 Å². The SMILES string of the molecule is Cn1nc([C@@H]2CCCN(C(=O)c3cccs3)C2)c2nccnc21. The summed E-state index contributed by atoms with van der Waals surface area (Å²) >= 11 is 1.50. The summed E-state index contributed by atoms with van der Waals surface area (Å²) in [5.41, 5.74) is 2.61. The molecule has 7 heteroatoms. The van der Waals surface area contributed by atoms with Crippen LogP contribution in [0.4, 0.5) is 0 Å². The van der Waals surface area contributed by atoms with Gasteiger partial charge in [-0.25, -0.2) is 14.6 Å². The first-order valence-electron chi connectivity index (χ1n) is 7.70. The second-order valence-corrected chi connectivity index (χ2v) is 6.75. The molecule has 23 heavy (non-hydrogen) atoms. The molecule has 1 aliphatic rings. The Labute approximate surface area is 137 Å². The summed E-state index contributed by atoms with van der Waals surface area (Å²) < 4.78 is 1.78. The summed E-state index contributed by atoms with van der Waals surface area (Å²) in [6.45, 7) is 1.50. The quantitative estimate of drug-likeness (QED) is 0.725. The number of hydrogen-bond donors (Lipinski definition) is 0. The van der Waals surface area contributed by atoms with Crippen LogP contribution in [0.15, 0.2) is 29.9 Å². The number of likely N-dealkylation sites (tertiary alicyclic amines) is 1. The molecule has 0 radical (unpaired) electrons. The van der Waals surface area contributed by atoms with Crippen LogP contribution in [0.2, 0.25) is 0 Å². The van der Waals surface area contributed by atoms with Crippen molar-refractivity contribution >= 4 is 28.4 Å². The minimum atomic E-state index is 0.121. The van der Waals surface area contributed by atoms with Crippen molar-refractivity contribution in [1.29, 1.82) is 0 Å². The molecule has 1 fully saturated rings. The molecule has 4 heterocycles. The van der Waals surface area contributed by atoms with Crippen molar-refractivity contribution in [2.45, 2.75) is 18.8 Å². The summed E-state index contributed by atoms with van der Waals surface area (Å²) in [6, 6.07) is 3.80. The van der Waals surface area contributed by atoms with Crippen LogP contribution in [0.5, 0.6) is 0 Å². The van der Waals surface area contributed by atoms with E-state index in [-0.39, 0.29) is 11.8 Å². The largest absolute Gasteiger partial charge is 0.337 e. The van der Waals surface area contributed by atoms with Crippen LogP contribution in [0.25, 0.3) is 11.2 Å². The number of aromatic nitrogens is 4. The molecular weight excluding hydrogens is 310 g/mol. The van der Waals surface area contributed by atoms with Gasteiger partial charge in [0.15, 0.2) is 5.65 Å². The number of piperidine rings is 1. The number of fused-ring (bicyclic) bond motifs is 1. The van der Waals surface area contributed by atoms with Crippen molar-refractivity contribution in [3.8, 4) is 0 Å². The molecule has 0 bridgehead atoms. The minimum absolute atomic E-state index is 0.121. The van der Waals surface area contributed by atoms with Crippen LogP contribution in [0.1, 0.15) is 34.1 Å². The molecule has 6 nitrogen and oxygen atoms in total. The van der Waals surface area contributed by atoms with Gasteiger partial charge in [0.25, 0.3) is 5.91 Å². The van der Waals surface area contributed by atoms with Gasteiger partial charge in [0, 0.05) is 38.4 Å². The molecular formula is C16H17N5OS. The number of carbonyl (C=O) groups is 1. The van der Waals surface area contributed by atoms with Crippen molar-refractivity contribution in [3.63, 3.8) is 0 Å². The summed E-state index contributed by atoms with van der Waals surface area (Å²) in [5.74, 6) is 0.337. The van der Waals surface area contributed by atoms with E-state index in [1.165, 1.54) is 11.3 Å². The van der Waals surface area contributed by atoms with Gasteiger partial charge in [-0.15, -0.1) is 11.3 Å². The monoisotopic (exact) mass is 327 g/mol. The fraction of sp³-hybridized carbons (Fsp3) is 0.375. The highest BCUT2D eigenvalue weighted by Crippen LogP contribution is 2.30. The van der Waals surface area contributed by atoms with Crippen molar-refractivity contribution in [3.05, 3.63) is 40.5 Å². The maximum absolute atomic E-state index is 12.6. The third-order valence-electron chi connectivity index (χ3n) is 4.31. The molecule has 118 valence electrons. The average molecular weight is 327 g/mol. The molecule has 1 aliphatic heterocycles. The first-order chi connectivity index (χ1) is 11.2. The van der Waals surface area contributed by atoms with Crippen molar-refractivity contribution in [2.24, 2.45) is 7.05 Å². The summed E-state index contributed by atoms with van der Waals surface area (Å²) in [5, 5.41) is 6.57. The second-order valence-electron chi connectivity index (χ2n) is 5.81. The highest BCUT2D eigenvalue weighted by molar-refractivity contribution is 7.12. The smallest absolute Gasteiger partial charge is 0.263 e. The topological polar surface area (TPSA) is 63.9 Å². The van der Waals surface area contributed by atoms with Gasteiger partial charge in [-0.1, -0.05) is 6.07 Å². The summed E-state index contributed by atoms with van der Waals surface area (Å²) in [7, 11) is 1.89. The summed E-state index contributed by atoms with van der Waals surface area (Å²) in [6.07, 6.45) is 5.39. The van der Waals surface area contributed by atoms with Gasteiger partial charge in [0.05, 0.1) is 10.6 Å². The van der Waals surface area contributed by atoms with Gasteiger partial charge in [-0.2, -0.15) is 5.10 Å². The molecule has 0 spiro atoms. The van der Waals surface area contributed by atoms with E-state index in [0.29, 0.717) is 6.54 Å². The van der Waals surface area contributed by atoms with Crippen LogP contribution in [0.3, 0.4) is 0 Å². The maximum Gasteiger partial charge on any atom is 0.263 e. The van der Waals surface area contributed by atoms with Gasteiger partial charge >= 0.3 is 0 Å². The molecule has 1 saturated heterocycles. The lowest BCUT2D eigenvalue weighted by Gasteiger charge is -2.31. The number of nitrogens with zero attached hydrogens (tertiary/aromatic N) is 5. The highest BCUT2D eigenvalue weighted by atomic mass is 32.1. The standard InChI is InChI=1S/C16H17N5OS/c1-20-15-14(17-6-7-18-15)13(19-20)11-4-2-8-21(10-11)16(22)12-5-3-9-23-12/h3,5-7,9,11H,2,4,8,10H2,1H3/t11-/m1/s1. The molecule has 0 N–H and O–H groups in total. The number of hydrogen-bond acceptors (Lipinski definition) is 5. The Bertz CT molecular complexity index is 841. The predicted molar refractivity (Wildman–Crippen MR) is 88.5 cm³/mol. The lowest BCUT2D eigenvalue weighted by atomic mass is 9.94. The Kier molecular flexibility index (Phi) is 3.57. The Morgan fingerprint density at radius 1 is 1.35 bits per heavy atom. The third-order valence-corrected chi connectivity index (χ3v) is 5.17. The number of thiophene rings is 1. The number of rotatable bonds is 2. The Balaban J connectivity index is 1.63. The zero-order chi connectivity index (χ0) is 15.8. The minimum Gasteiger partial charge on any atom is -0.337 e. The zero-order valence-corrected chi connectivity index (χ0v) is 13.7. The molecule has 3 aromatic rings. The van der Waals surface area contributed by atoms with E-state index in [0.717, 1.165) is 41.1 Å². The third kappa shape index (κ3) is 2.50. The summed E-state index contributed by atoms with van der Waals surface area (Å²) in [4.78, 5) is 24.1. The molecule has 0 aliphatic carbocycles. The highest BCUT2D eigenvalue weighted by Gasteiger charge is 2.29. The Morgan fingerprint density at radius 3 is 3.04 bits per heavy atom. The van der Waals surface area contributed by atoms with Gasteiger partial charge in [0.2, 0.25) is 0 Å². The Hall–Kier alpha value is -2.28. The van der Waals surface area contributed by atoms with Gasteiger partial charge in [-0.05, 0) is 24.3 Å². The molecule has 1 amide bonds. The fourth-order valence-corrected chi connectivity index (χ4v) is 3.91. The van der Waals surface area contributed by atoms with Crippen LogP contribution in [0, 0.1) is 0 Å². The van der Waals surface area contributed by atoms with Crippen molar-refractivity contribution in [1.82, 2.24) is 24.6 Å². The lowest BCUT2D eigenvalue weighted by Crippen LogP contribution is -2.39. The zero-order valence-electron chi connectivity index (χ0n) is 12.8. The normalized spacial score (nSPS) is 18.5. The first kappa shape index (κ1) is 14.3. The van der Waals surface area contributed by atoms with Gasteiger partial charge in [-0.3, -0.25) is 4.79 Å². The Morgan fingerprint density at radius 2 is 2.22 bits per heavy atom. The lowest BCUT2D eigenvalue weighted by molar-refractivity contribution is 0.0711. The predicted octanol–water partition coefficient (Wildman–Crippen LogP) is 2.44. The second kappa shape index (κ2) is 5.73. The van der Waals surface area contributed by atoms with Crippen LogP contribution in [-0.4, -0.2) is 43.6 Å². The van der Waals surface area contributed by atoms with E-state index in [1.807, 2.05) is 29.5 Å². The van der Waals surface area contributed by atoms with Crippen molar-refractivity contribution in [2.75, 3.05) is 13.1 Å².